The molecule has 0 aromatic rings. The third-order valence-electron chi connectivity index (χ3n) is 6.73. The fraction of sp³-hybridized carbons (Fsp3) is 0.850. The van der Waals surface area contributed by atoms with E-state index in [0.717, 1.165) is 37.5 Å². The van der Waals surface area contributed by atoms with Gasteiger partial charge in [0.15, 0.2) is 5.67 Å². The number of hydrogen-bond donors (Lipinski definition) is 0. The summed E-state index contributed by atoms with van der Waals surface area (Å²) in [5.74, 6) is 2.19. The number of rotatable bonds is 4. The van der Waals surface area contributed by atoms with Gasteiger partial charge in [-0.3, -0.25) is 0 Å². The predicted molar refractivity (Wildman–Crippen MR) is 97.0 cm³/mol. The van der Waals surface area contributed by atoms with Crippen LogP contribution in [0, 0.1) is 23.7 Å². The van der Waals surface area contributed by atoms with E-state index in [1.54, 1.807) is 0 Å². The average Bonchev–Trinajstić information content (AvgIpc) is 2.60. The van der Waals surface area contributed by atoms with Gasteiger partial charge in [0, 0.05) is 5.92 Å². The van der Waals surface area contributed by atoms with Crippen LogP contribution in [0.1, 0.15) is 71.1 Å². The van der Waals surface area contributed by atoms with E-state index in [1.807, 2.05) is 0 Å². The van der Waals surface area contributed by atoms with Gasteiger partial charge in [0.25, 0.3) is 0 Å². The van der Waals surface area contributed by atoms with E-state index < -0.39 is 12.0 Å². The van der Waals surface area contributed by atoms with Gasteiger partial charge in [0.05, 0.1) is 0 Å². The minimum absolute atomic E-state index is 0.0632. The summed E-state index contributed by atoms with van der Waals surface area (Å²) in [4.78, 5) is 3.60. The van der Waals surface area contributed by atoms with Crippen molar-refractivity contribution in [3.8, 4) is 0 Å². The number of dihydropyridines is 1. The monoisotopic (exact) mass is 357 g/mol. The molecule has 0 bridgehead atoms. The zero-order chi connectivity index (χ0) is 17.2. The summed E-state index contributed by atoms with van der Waals surface area (Å²) < 4.78 is 29.2. The molecule has 2 unspecified atom stereocenters. The minimum Gasteiger partial charge on any atom is -0.234 e. The first-order valence-electron chi connectivity index (χ1n) is 9.78. The van der Waals surface area contributed by atoms with Gasteiger partial charge in [-0.2, -0.15) is 0 Å². The van der Waals surface area contributed by atoms with Crippen molar-refractivity contribution in [2.45, 2.75) is 83.1 Å². The molecular weight excluding hydrogens is 328 g/mol. The zero-order valence-corrected chi connectivity index (χ0v) is 15.4. The lowest BCUT2D eigenvalue weighted by molar-refractivity contribution is 0.00808. The molecule has 2 aliphatic carbocycles. The van der Waals surface area contributed by atoms with E-state index >= 15 is 4.39 Å². The second-order valence-electron chi connectivity index (χ2n) is 8.13. The molecule has 0 aromatic heterocycles. The van der Waals surface area contributed by atoms with Crippen LogP contribution in [-0.4, -0.2) is 17.1 Å². The Balaban J connectivity index is 1.51. The van der Waals surface area contributed by atoms with Gasteiger partial charge in [0.2, 0.25) is 6.30 Å². The molecule has 0 saturated heterocycles. The van der Waals surface area contributed by atoms with Crippen LogP contribution >= 0.6 is 11.6 Å². The smallest absolute Gasteiger partial charge is 0.228 e. The summed E-state index contributed by atoms with van der Waals surface area (Å²) in [6.07, 6.45) is 12.6. The molecule has 0 N–H and O–H groups in total. The molecule has 0 radical (unpaired) electrons. The van der Waals surface area contributed by atoms with Crippen molar-refractivity contribution in [2.24, 2.45) is 28.7 Å². The Morgan fingerprint density at radius 3 is 2.21 bits per heavy atom. The molecule has 2 saturated carbocycles. The van der Waals surface area contributed by atoms with Gasteiger partial charge in [-0.05, 0) is 68.4 Å². The van der Waals surface area contributed by atoms with Crippen molar-refractivity contribution in [1.29, 1.82) is 0 Å². The highest BCUT2D eigenvalue weighted by Crippen LogP contribution is 2.47. The highest BCUT2D eigenvalue weighted by Gasteiger charge is 2.48. The van der Waals surface area contributed by atoms with Gasteiger partial charge in [0.1, 0.15) is 5.17 Å². The van der Waals surface area contributed by atoms with Crippen LogP contribution in [0.2, 0.25) is 0 Å². The summed E-state index contributed by atoms with van der Waals surface area (Å²) in [6.45, 7) is 2.27. The lowest BCUT2D eigenvalue weighted by Crippen LogP contribution is -2.44. The van der Waals surface area contributed by atoms with Crippen molar-refractivity contribution in [3.05, 3.63) is 12.2 Å². The van der Waals surface area contributed by atoms with Crippen LogP contribution in [0.15, 0.2) is 17.1 Å². The predicted octanol–water partition coefficient (Wildman–Crippen LogP) is 6.61. The second-order valence-corrected chi connectivity index (χ2v) is 8.52. The third-order valence-corrected chi connectivity index (χ3v) is 6.95. The van der Waals surface area contributed by atoms with E-state index in [1.165, 1.54) is 50.7 Å². The molecular formula is C20H30ClF2N. The first-order valence-corrected chi connectivity index (χ1v) is 10.2. The largest absolute Gasteiger partial charge is 0.234 e. The van der Waals surface area contributed by atoms with E-state index in [4.69, 9.17) is 11.6 Å². The Morgan fingerprint density at radius 2 is 1.67 bits per heavy atom. The maximum absolute atomic E-state index is 15.1. The van der Waals surface area contributed by atoms with Gasteiger partial charge in [-0.1, -0.05) is 44.2 Å². The highest BCUT2D eigenvalue weighted by molar-refractivity contribution is 6.68. The molecule has 24 heavy (non-hydrogen) atoms. The molecule has 0 aromatic carbocycles. The van der Waals surface area contributed by atoms with Crippen LogP contribution in [0.3, 0.4) is 0 Å². The Bertz CT molecular complexity index is 476. The van der Waals surface area contributed by atoms with Crippen molar-refractivity contribution in [1.82, 2.24) is 0 Å². The normalized spacial score (nSPS) is 43.5. The zero-order valence-electron chi connectivity index (χ0n) is 14.7. The van der Waals surface area contributed by atoms with E-state index in [0.29, 0.717) is 5.92 Å². The molecule has 0 amide bonds. The van der Waals surface area contributed by atoms with Crippen LogP contribution in [0.4, 0.5) is 8.78 Å². The van der Waals surface area contributed by atoms with Crippen molar-refractivity contribution < 1.29 is 8.78 Å². The number of allylic oxidation sites excluding steroid dienone is 1. The van der Waals surface area contributed by atoms with Gasteiger partial charge in [-0.25, -0.2) is 13.8 Å². The molecule has 1 heterocycles. The van der Waals surface area contributed by atoms with E-state index in [9.17, 15) is 4.39 Å². The molecule has 136 valence electrons. The molecule has 3 rings (SSSR count). The van der Waals surface area contributed by atoms with Crippen LogP contribution in [0.5, 0.6) is 0 Å². The van der Waals surface area contributed by atoms with Crippen molar-refractivity contribution >= 4 is 16.8 Å². The number of aliphatic imine (C=N–C) groups is 1. The highest BCUT2D eigenvalue weighted by atomic mass is 35.5. The molecule has 1 aliphatic heterocycles. The fourth-order valence-corrected chi connectivity index (χ4v) is 5.39. The van der Waals surface area contributed by atoms with Gasteiger partial charge in [-0.15, -0.1) is 0 Å². The SMILES string of the molecule is CCC[C@H]1CC[C@H](C2CCC(C3(F)C=CC(Cl)=NC3F)CC2)CC1. The van der Waals surface area contributed by atoms with E-state index in [2.05, 4.69) is 11.9 Å². The van der Waals surface area contributed by atoms with E-state index in [-0.39, 0.29) is 11.1 Å². The number of nitrogens with zero attached hydrogens (tertiary/aromatic N) is 1. The summed E-state index contributed by atoms with van der Waals surface area (Å²) in [5, 5.41) is 0.0632. The molecule has 0 spiro atoms. The number of alkyl halides is 2. The number of hydrogen-bond acceptors (Lipinski definition) is 1. The Morgan fingerprint density at radius 1 is 1.08 bits per heavy atom. The molecule has 2 atom stereocenters. The summed E-state index contributed by atoms with van der Waals surface area (Å²) in [6, 6.07) is 0. The third kappa shape index (κ3) is 3.86. The topological polar surface area (TPSA) is 12.4 Å². The molecule has 3 aliphatic rings. The minimum atomic E-state index is -1.96. The Kier molecular flexibility index (Phi) is 6.00. The van der Waals surface area contributed by atoms with Crippen molar-refractivity contribution in [3.63, 3.8) is 0 Å². The Labute approximate surface area is 149 Å². The summed E-state index contributed by atoms with van der Waals surface area (Å²) in [7, 11) is 0. The lowest BCUT2D eigenvalue weighted by Gasteiger charge is -2.42. The maximum atomic E-state index is 15.1. The standard InChI is InChI=1S/C20H30ClF2N/c1-2-3-14-4-6-15(7-5-14)16-8-10-17(11-9-16)20(23)13-12-18(21)24-19(20)22/h12-17,19H,2-11H2,1H3/t14-,15-,16?,17?,19?,20?. The molecule has 1 nitrogen and oxygen atoms in total. The van der Waals surface area contributed by atoms with Crippen LogP contribution in [0.25, 0.3) is 0 Å². The average molecular weight is 358 g/mol. The molecule has 2 fully saturated rings. The summed E-state index contributed by atoms with van der Waals surface area (Å²) in [5.41, 5.74) is -1.96. The van der Waals surface area contributed by atoms with Crippen LogP contribution in [-0.2, 0) is 0 Å². The molecule has 4 heteroatoms. The lowest BCUT2D eigenvalue weighted by atomic mass is 9.66. The van der Waals surface area contributed by atoms with Crippen LogP contribution < -0.4 is 0 Å². The Hall–Kier alpha value is -0.440. The maximum Gasteiger partial charge on any atom is 0.228 e. The van der Waals surface area contributed by atoms with Gasteiger partial charge >= 0.3 is 0 Å². The van der Waals surface area contributed by atoms with Gasteiger partial charge < -0.3 is 0 Å². The summed E-state index contributed by atoms with van der Waals surface area (Å²) >= 11 is 5.69. The first-order chi connectivity index (χ1) is 11.5. The van der Waals surface area contributed by atoms with Crippen molar-refractivity contribution in [2.75, 3.05) is 0 Å². The first kappa shape index (κ1) is 18.4. The fourth-order valence-electron chi connectivity index (χ4n) is 5.25. The second kappa shape index (κ2) is 7.85. The quantitative estimate of drug-likeness (QED) is 0.502. The number of halogens is 3.